The number of rotatable bonds is 7. The summed E-state index contributed by atoms with van der Waals surface area (Å²) >= 11 is 0. The Hall–Kier alpha value is -3.76. The van der Waals surface area contributed by atoms with E-state index in [0.717, 1.165) is 18.2 Å². The Morgan fingerprint density at radius 1 is 0.943 bits per heavy atom. The molecule has 35 heavy (non-hydrogen) atoms. The Morgan fingerprint density at radius 3 is 2.31 bits per heavy atom. The number of benzene rings is 3. The van der Waals surface area contributed by atoms with Crippen LogP contribution >= 0.6 is 0 Å². The molecule has 1 aliphatic rings. The van der Waals surface area contributed by atoms with E-state index in [1.165, 1.54) is 30.3 Å². The van der Waals surface area contributed by atoms with Crippen LogP contribution in [0.1, 0.15) is 22.0 Å². The number of anilines is 1. The van der Waals surface area contributed by atoms with E-state index in [1.54, 1.807) is 35.2 Å². The summed E-state index contributed by atoms with van der Waals surface area (Å²) in [4.78, 5) is 27.6. The zero-order chi connectivity index (χ0) is 24.8. The number of ether oxygens (including phenoxy) is 2. The monoisotopic (exact) mass is 498 g/mol. The first kappa shape index (κ1) is 24.4. The number of esters is 1. The summed E-state index contributed by atoms with van der Waals surface area (Å²) < 4.78 is 51.9. The van der Waals surface area contributed by atoms with Crippen LogP contribution in [0, 0.1) is 5.82 Å². The third kappa shape index (κ3) is 6.03. The zero-order valence-electron chi connectivity index (χ0n) is 18.6. The van der Waals surface area contributed by atoms with Crippen LogP contribution in [0.2, 0.25) is 0 Å². The summed E-state index contributed by atoms with van der Waals surface area (Å²) in [5.41, 5.74) is 0.626. The third-order valence-electron chi connectivity index (χ3n) is 5.35. The van der Waals surface area contributed by atoms with Gasteiger partial charge in [-0.2, -0.15) is 0 Å². The van der Waals surface area contributed by atoms with Gasteiger partial charge in [0, 0.05) is 24.3 Å². The molecule has 0 aromatic heterocycles. The molecule has 1 saturated heterocycles. The van der Waals surface area contributed by atoms with Crippen LogP contribution in [0.25, 0.3) is 0 Å². The van der Waals surface area contributed by atoms with E-state index in [4.69, 9.17) is 9.47 Å². The van der Waals surface area contributed by atoms with E-state index in [1.807, 2.05) is 0 Å². The first-order valence-electron chi connectivity index (χ1n) is 10.8. The van der Waals surface area contributed by atoms with Crippen molar-refractivity contribution >= 4 is 27.6 Å². The highest BCUT2D eigenvalue weighted by Gasteiger charge is 2.31. The Bertz CT molecular complexity index is 1290. The van der Waals surface area contributed by atoms with Gasteiger partial charge < -0.3 is 14.4 Å². The van der Waals surface area contributed by atoms with Gasteiger partial charge in [0.05, 0.1) is 23.7 Å². The average molecular weight is 499 g/mol. The molecule has 8 nitrogen and oxygen atoms in total. The van der Waals surface area contributed by atoms with Gasteiger partial charge in [-0.05, 0) is 42.5 Å². The van der Waals surface area contributed by atoms with Crippen LogP contribution in [0.5, 0.6) is 0 Å². The van der Waals surface area contributed by atoms with Crippen molar-refractivity contribution in [3.63, 3.8) is 0 Å². The molecule has 1 N–H and O–H groups in total. The lowest BCUT2D eigenvalue weighted by Gasteiger charge is -2.30. The summed E-state index contributed by atoms with van der Waals surface area (Å²) in [6.45, 7) is 1.54. The van der Waals surface area contributed by atoms with Gasteiger partial charge >= 0.3 is 5.97 Å². The lowest BCUT2D eigenvalue weighted by atomic mass is 10.1. The van der Waals surface area contributed by atoms with Crippen LogP contribution in [-0.2, 0) is 24.3 Å². The minimum atomic E-state index is -4.07. The Labute approximate surface area is 202 Å². The molecule has 0 radical (unpaired) electrons. The van der Waals surface area contributed by atoms with Crippen molar-refractivity contribution < 1.29 is 31.9 Å². The van der Waals surface area contributed by atoms with Crippen molar-refractivity contribution in [2.24, 2.45) is 0 Å². The SMILES string of the molecule is O=C(O[C@H](C(=O)N1CCOCC1)c1ccccc1)c1cccc(S(=O)(=O)Nc2ccc(F)cc2)c1. The minimum absolute atomic E-state index is 0.0392. The number of hydrogen-bond donors (Lipinski definition) is 1. The van der Waals surface area contributed by atoms with E-state index in [9.17, 15) is 22.4 Å². The average Bonchev–Trinajstić information content (AvgIpc) is 2.89. The van der Waals surface area contributed by atoms with Crippen molar-refractivity contribution in [1.82, 2.24) is 4.90 Å². The highest BCUT2D eigenvalue weighted by molar-refractivity contribution is 7.92. The lowest BCUT2D eigenvalue weighted by Crippen LogP contribution is -2.44. The summed E-state index contributed by atoms with van der Waals surface area (Å²) in [6.07, 6.45) is -1.19. The molecule has 0 aliphatic carbocycles. The molecular formula is C25H23FN2O6S. The second-order valence-electron chi connectivity index (χ2n) is 7.77. The molecule has 0 spiro atoms. The molecule has 0 bridgehead atoms. The van der Waals surface area contributed by atoms with E-state index in [0.29, 0.717) is 31.9 Å². The van der Waals surface area contributed by atoms with Crippen molar-refractivity contribution in [2.45, 2.75) is 11.0 Å². The molecule has 1 amide bonds. The van der Waals surface area contributed by atoms with E-state index in [2.05, 4.69) is 4.72 Å². The number of morpholine rings is 1. The summed E-state index contributed by atoms with van der Waals surface area (Å²) in [6, 6.07) is 18.7. The van der Waals surface area contributed by atoms with Gasteiger partial charge in [-0.1, -0.05) is 36.4 Å². The van der Waals surface area contributed by atoms with Crippen molar-refractivity contribution in [1.29, 1.82) is 0 Å². The molecular weight excluding hydrogens is 475 g/mol. The Balaban J connectivity index is 1.56. The number of nitrogens with zero attached hydrogens (tertiary/aromatic N) is 1. The molecule has 4 rings (SSSR count). The molecule has 0 unspecified atom stereocenters. The van der Waals surface area contributed by atoms with Gasteiger partial charge in [-0.25, -0.2) is 17.6 Å². The maximum absolute atomic E-state index is 13.2. The van der Waals surface area contributed by atoms with Gasteiger partial charge in [0.1, 0.15) is 5.82 Å². The van der Waals surface area contributed by atoms with E-state index in [-0.39, 0.29) is 22.1 Å². The number of hydrogen-bond acceptors (Lipinski definition) is 6. The molecule has 0 saturated carbocycles. The maximum atomic E-state index is 13.2. The van der Waals surface area contributed by atoms with E-state index >= 15 is 0 Å². The second kappa shape index (κ2) is 10.7. The molecule has 1 fully saturated rings. The smallest absolute Gasteiger partial charge is 0.339 e. The van der Waals surface area contributed by atoms with Gasteiger partial charge in [0.2, 0.25) is 6.10 Å². The molecule has 3 aromatic carbocycles. The molecule has 1 aliphatic heterocycles. The first-order chi connectivity index (χ1) is 16.8. The third-order valence-corrected chi connectivity index (χ3v) is 6.73. The molecule has 10 heteroatoms. The Kier molecular flexibility index (Phi) is 7.42. The fourth-order valence-electron chi connectivity index (χ4n) is 3.54. The minimum Gasteiger partial charge on any atom is -0.444 e. The van der Waals surface area contributed by atoms with Crippen LogP contribution in [0.3, 0.4) is 0 Å². The van der Waals surface area contributed by atoms with Gasteiger partial charge in [-0.15, -0.1) is 0 Å². The van der Waals surface area contributed by atoms with E-state index < -0.39 is 27.9 Å². The highest BCUT2D eigenvalue weighted by atomic mass is 32.2. The topological polar surface area (TPSA) is 102 Å². The number of halogens is 1. The number of sulfonamides is 1. The fraction of sp³-hybridized carbons (Fsp3) is 0.200. The standard InChI is InChI=1S/C25H23FN2O6S/c26-20-9-11-21(12-10-20)27-35(31,32)22-8-4-7-19(17-22)25(30)34-23(18-5-2-1-3-6-18)24(29)28-13-15-33-16-14-28/h1-12,17,23,27H,13-16H2/t23-/m0/s1. The maximum Gasteiger partial charge on any atom is 0.339 e. The van der Waals surface area contributed by atoms with Crippen molar-refractivity contribution in [2.75, 3.05) is 31.0 Å². The molecule has 1 atom stereocenters. The summed E-state index contributed by atoms with van der Waals surface area (Å²) in [7, 11) is -4.07. The molecule has 1 heterocycles. The second-order valence-corrected chi connectivity index (χ2v) is 9.46. The highest BCUT2D eigenvalue weighted by Crippen LogP contribution is 2.24. The normalized spacial score (nSPS) is 14.7. The zero-order valence-corrected chi connectivity index (χ0v) is 19.4. The van der Waals surface area contributed by atoms with Gasteiger partial charge in [-0.3, -0.25) is 9.52 Å². The van der Waals surface area contributed by atoms with Crippen LogP contribution in [0.15, 0.2) is 83.8 Å². The van der Waals surface area contributed by atoms with Gasteiger partial charge in [0.15, 0.2) is 0 Å². The summed E-state index contributed by atoms with van der Waals surface area (Å²) in [5.74, 6) is -1.73. The van der Waals surface area contributed by atoms with Crippen LogP contribution in [0.4, 0.5) is 10.1 Å². The lowest BCUT2D eigenvalue weighted by molar-refractivity contribution is -0.145. The Morgan fingerprint density at radius 2 is 1.63 bits per heavy atom. The predicted molar refractivity (Wildman–Crippen MR) is 126 cm³/mol. The summed E-state index contributed by atoms with van der Waals surface area (Å²) in [5, 5.41) is 0. The number of nitrogens with one attached hydrogen (secondary N) is 1. The molecule has 182 valence electrons. The number of amides is 1. The van der Waals surface area contributed by atoms with Crippen molar-refractivity contribution in [3.8, 4) is 0 Å². The van der Waals surface area contributed by atoms with Crippen LogP contribution in [-0.4, -0.2) is 51.5 Å². The molecule has 3 aromatic rings. The largest absolute Gasteiger partial charge is 0.444 e. The predicted octanol–water partition coefficient (Wildman–Crippen LogP) is 3.38. The number of carbonyl (C=O) groups is 2. The van der Waals surface area contributed by atoms with Crippen molar-refractivity contribution in [3.05, 3.63) is 95.8 Å². The number of carbonyl (C=O) groups excluding carboxylic acids is 2. The first-order valence-corrected chi connectivity index (χ1v) is 12.3. The van der Waals surface area contributed by atoms with Crippen LogP contribution < -0.4 is 4.72 Å². The quantitative estimate of drug-likeness (QED) is 0.501. The fourth-order valence-corrected chi connectivity index (χ4v) is 4.64. The van der Waals surface area contributed by atoms with Gasteiger partial charge in [0.25, 0.3) is 15.9 Å².